The predicted molar refractivity (Wildman–Crippen MR) is 77.6 cm³/mol. The Morgan fingerprint density at radius 1 is 1.28 bits per heavy atom. The summed E-state index contributed by atoms with van der Waals surface area (Å²) in [5.74, 6) is 0. The van der Waals surface area contributed by atoms with Crippen LogP contribution in [0.3, 0.4) is 0 Å². The molecule has 0 radical (unpaired) electrons. The van der Waals surface area contributed by atoms with Crippen molar-refractivity contribution in [3.63, 3.8) is 0 Å². The van der Waals surface area contributed by atoms with Crippen LogP contribution in [-0.2, 0) is 24.4 Å². The van der Waals surface area contributed by atoms with Crippen LogP contribution < -0.4 is 5.73 Å². The third-order valence-electron chi connectivity index (χ3n) is 3.27. The zero-order valence-electron chi connectivity index (χ0n) is 9.86. The highest BCUT2D eigenvalue weighted by molar-refractivity contribution is 9.10. The van der Waals surface area contributed by atoms with Gasteiger partial charge in [0.25, 0.3) is 0 Å². The van der Waals surface area contributed by atoms with Crippen LogP contribution in [0.15, 0.2) is 34.1 Å². The van der Waals surface area contributed by atoms with Crippen LogP contribution in [0.4, 0.5) is 0 Å². The fourth-order valence-corrected chi connectivity index (χ4v) is 3.79. The van der Waals surface area contributed by atoms with Crippen molar-refractivity contribution in [1.29, 1.82) is 0 Å². The SMILES string of the molecule is NC(Cc1sccc1Br)c1ccc2c(c1)COC2. The molecule has 1 atom stereocenters. The zero-order valence-corrected chi connectivity index (χ0v) is 12.3. The van der Waals surface area contributed by atoms with Crippen LogP contribution in [0.5, 0.6) is 0 Å². The number of ether oxygens (including phenoxy) is 1. The van der Waals surface area contributed by atoms with E-state index >= 15 is 0 Å². The molecule has 94 valence electrons. The van der Waals surface area contributed by atoms with Gasteiger partial charge in [-0.05, 0) is 44.1 Å². The molecule has 0 amide bonds. The molecule has 0 spiro atoms. The summed E-state index contributed by atoms with van der Waals surface area (Å²) in [5.41, 5.74) is 10.1. The first-order valence-corrected chi connectivity index (χ1v) is 7.58. The molecule has 2 aromatic rings. The maximum absolute atomic E-state index is 6.29. The molecule has 0 fully saturated rings. The van der Waals surface area contributed by atoms with Crippen LogP contribution in [-0.4, -0.2) is 0 Å². The summed E-state index contributed by atoms with van der Waals surface area (Å²) in [6.07, 6.45) is 0.873. The molecule has 2 heterocycles. The number of hydrogen-bond donors (Lipinski definition) is 1. The molecule has 0 aliphatic carbocycles. The molecular formula is C14H14BrNOS. The summed E-state index contributed by atoms with van der Waals surface area (Å²) >= 11 is 5.30. The van der Waals surface area contributed by atoms with Crippen LogP contribution in [0.25, 0.3) is 0 Å². The topological polar surface area (TPSA) is 35.2 Å². The quantitative estimate of drug-likeness (QED) is 0.932. The van der Waals surface area contributed by atoms with E-state index in [1.807, 2.05) is 0 Å². The molecule has 1 aromatic carbocycles. The lowest BCUT2D eigenvalue weighted by Gasteiger charge is -2.12. The van der Waals surface area contributed by atoms with Gasteiger partial charge in [-0.3, -0.25) is 0 Å². The molecule has 1 unspecified atom stereocenters. The van der Waals surface area contributed by atoms with E-state index in [-0.39, 0.29) is 6.04 Å². The Morgan fingerprint density at radius 2 is 2.11 bits per heavy atom. The molecule has 0 bridgehead atoms. The van der Waals surface area contributed by atoms with Crippen LogP contribution in [0.1, 0.15) is 27.6 Å². The molecule has 3 rings (SSSR count). The fraction of sp³-hybridized carbons (Fsp3) is 0.286. The van der Waals surface area contributed by atoms with Gasteiger partial charge in [0, 0.05) is 21.8 Å². The minimum Gasteiger partial charge on any atom is -0.372 e. The van der Waals surface area contributed by atoms with Crippen LogP contribution in [0, 0.1) is 0 Å². The standard InChI is InChI=1S/C14H14BrNOS/c15-12-3-4-18-14(12)6-13(16)9-1-2-10-7-17-8-11(10)5-9/h1-5,13H,6-8,16H2. The minimum atomic E-state index is 0.0471. The van der Waals surface area contributed by atoms with Crippen molar-refractivity contribution in [3.05, 3.63) is 55.7 Å². The third kappa shape index (κ3) is 2.38. The second-order valence-electron chi connectivity index (χ2n) is 4.52. The Hall–Kier alpha value is -0.680. The van der Waals surface area contributed by atoms with Crippen molar-refractivity contribution >= 4 is 27.3 Å². The van der Waals surface area contributed by atoms with Gasteiger partial charge < -0.3 is 10.5 Å². The van der Waals surface area contributed by atoms with E-state index in [1.54, 1.807) is 11.3 Å². The lowest BCUT2D eigenvalue weighted by atomic mass is 9.99. The van der Waals surface area contributed by atoms with Gasteiger partial charge >= 0.3 is 0 Å². The molecule has 1 aliphatic rings. The molecule has 1 aromatic heterocycles. The van der Waals surface area contributed by atoms with Crippen molar-refractivity contribution in [2.24, 2.45) is 5.73 Å². The third-order valence-corrected chi connectivity index (χ3v) is 5.22. The lowest BCUT2D eigenvalue weighted by molar-refractivity contribution is 0.134. The monoisotopic (exact) mass is 323 g/mol. The Balaban J connectivity index is 1.80. The minimum absolute atomic E-state index is 0.0471. The molecule has 2 nitrogen and oxygen atoms in total. The number of fused-ring (bicyclic) bond motifs is 1. The number of rotatable bonds is 3. The first-order chi connectivity index (χ1) is 8.74. The second-order valence-corrected chi connectivity index (χ2v) is 6.38. The zero-order chi connectivity index (χ0) is 12.5. The van der Waals surface area contributed by atoms with Gasteiger partial charge in [-0.2, -0.15) is 0 Å². The number of halogens is 1. The number of hydrogen-bond acceptors (Lipinski definition) is 3. The molecule has 4 heteroatoms. The van der Waals surface area contributed by atoms with Crippen LogP contribution >= 0.6 is 27.3 Å². The van der Waals surface area contributed by atoms with E-state index in [4.69, 9.17) is 10.5 Å². The van der Waals surface area contributed by atoms with E-state index in [2.05, 4.69) is 45.6 Å². The number of nitrogens with two attached hydrogens (primary N) is 1. The van der Waals surface area contributed by atoms with Gasteiger partial charge in [0.05, 0.1) is 13.2 Å². The smallest absolute Gasteiger partial charge is 0.0725 e. The normalized spacial score (nSPS) is 15.7. The highest BCUT2D eigenvalue weighted by atomic mass is 79.9. The highest BCUT2D eigenvalue weighted by Gasteiger charge is 2.15. The average Bonchev–Trinajstić information content (AvgIpc) is 2.98. The Kier molecular flexibility index (Phi) is 3.52. The molecule has 2 N–H and O–H groups in total. The van der Waals surface area contributed by atoms with Crippen LogP contribution in [0.2, 0.25) is 0 Å². The Labute approximate surface area is 119 Å². The van der Waals surface area contributed by atoms with Crippen molar-refractivity contribution in [2.45, 2.75) is 25.7 Å². The fourth-order valence-electron chi connectivity index (χ4n) is 2.21. The Morgan fingerprint density at radius 3 is 2.89 bits per heavy atom. The summed E-state index contributed by atoms with van der Waals surface area (Å²) in [5, 5.41) is 2.09. The van der Waals surface area contributed by atoms with Gasteiger partial charge in [0.1, 0.15) is 0 Å². The van der Waals surface area contributed by atoms with Crippen molar-refractivity contribution < 1.29 is 4.74 Å². The molecule has 0 saturated carbocycles. The number of thiophene rings is 1. The van der Waals surface area contributed by atoms with Gasteiger partial charge in [0.2, 0.25) is 0 Å². The van der Waals surface area contributed by atoms with Gasteiger partial charge in [-0.25, -0.2) is 0 Å². The maximum Gasteiger partial charge on any atom is 0.0725 e. The Bertz CT molecular complexity index is 567. The summed E-state index contributed by atoms with van der Waals surface area (Å²) in [4.78, 5) is 1.30. The van der Waals surface area contributed by atoms with Crippen molar-refractivity contribution in [3.8, 4) is 0 Å². The van der Waals surface area contributed by atoms with Gasteiger partial charge in [-0.1, -0.05) is 18.2 Å². The molecule has 0 saturated heterocycles. The lowest BCUT2D eigenvalue weighted by Crippen LogP contribution is -2.13. The van der Waals surface area contributed by atoms with Crippen molar-refractivity contribution in [2.75, 3.05) is 0 Å². The first kappa shape index (κ1) is 12.4. The average molecular weight is 324 g/mol. The van der Waals surface area contributed by atoms with Crippen molar-refractivity contribution in [1.82, 2.24) is 0 Å². The summed E-state index contributed by atoms with van der Waals surface area (Å²) < 4.78 is 6.59. The van der Waals surface area contributed by atoms with E-state index in [9.17, 15) is 0 Å². The van der Waals surface area contributed by atoms with Gasteiger partial charge in [-0.15, -0.1) is 11.3 Å². The molecular weight excluding hydrogens is 310 g/mol. The first-order valence-electron chi connectivity index (χ1n) is 5.91. The predicted octanol–water partition coefficient (Wildman–Crippen LogP) is 3.78. The maximum atomic E-state index is 6.29. The van der Waals surface area contributed by atoms with E-state index in [1.165, 1.54) is 21.6 Å². The van der Waals surface area contributed by atoms with E-state index < -0.39 is 0 Å². The number of benzene rings is 1. The summed E-state index contributed by atoms with van der Waals surface area (Å²) in [6, 6.07) is 8.57. The highest BCUT2D eigenvalue weighted by Crippen LogP contribution is 2.29. The van der Waals surface area contributed by atoms with E-state index in [0.717, 1.165) is 24.1 Å². The van der Waals surface area contributed by atoms with E-state index in [0.29, 0.717) is 0 Å². The summed E-state index contributed by atoms with van der Waals surface area (Å²) in [6.45, 7) is 1.46. The largest absolute Gasteiger partial charge is 0.372 e. The molecule has 18 heavy (non-hydrogen) atoms. The molecule has 1 aliphatic heterocycles. The summed E-state index contributed by atoms with van der Waals surface area (Å²) in [7, 11) is 0. The second kappa shape index (κ2) is 5.13. The van der Waals surface area contributed by atoms with Gasteiger partial charge in [0.15, 0.2) is 0 Å².